The normalized spacial score (nSPS) is 25.6. The minimum Gasteiger partial charge on any atom is -0.369 e. The molecule has 0 unspecified atom stereocenters. The van der Waals surface area contributed by atoms with Gasteiger partial charge in [0.2, 0.25) is 5.78 Å². The van der Waals surface area contributed by atoms with Gasteiger partial charge >= 0.3 is 0 Å². The Morgan fingerprint density at radius 2 is 1.88 bits per heavy atom. The number of hydrogen-bond acceptors (Lipinski definition) is 2. The minimum absolute atomic E-state index is 0.0811. The molecule has 1 aliphatic heterocycles. The standard InChI is InChI=1S/C14H21NO/c1-11-9-14(2,3)10-12(13(11)16)15-7-5-4-6-8-15/h10H,1,4-9H2,2-3H3. The molecule has 1 heterocycles. The minimum atomic E-state index is 0.0811. The van der Waals surface area contributed by atoms with E-state index in [9.17, 15) is 4.79 Å². The van der Waals surface area contributed by atoms with Crippen molar-refractivity contribution < 1.29 is 4.79 Å². The molecule has 0 atom stereocenters. The van der Waals surface area contributed by atoms with Crippen molar-refractivity contribution in [3.05, 3.63) is 23.9 Å². The number of carbonyl (C=O) groups excluding carboxylic acids is 1. The van der Waals surface area contributed by atoms with E-state index >= 15 is 0 Å². The van der Waals surface area contributed by atoms with Crippen molar-refractivity contribution in [3.63, 3.8) is 0 Å². The second kappa shape index (κ2) is 4.08. The molecule has 0 radical (unpaired) electrons. The highest BCUT2D eigenvalue weighted by Crippen LogP contribution is 2.35. The largest absolute Gasteiger partial charge is 0.369 e. The fraction of sp³-hybridized carbons (Fsp3) is 0.643. The molecule has 0 aromatic rings. The van der Waals surface area contributed by atoms with E-state index in [-0.39, 0.29) is 11.2 Å². The molecule has 1 aliphatic carbocycles. The zero-order valence-corrected chi connectivity index (χ0v) is 10.4. The summed E-state index contributed by atoms with van der Waals surface area (Å²) in [7, 11) is 0. The van der Waals surface area contributed by atoms with E-state index in [1.54, 1.807) is 0 Å². The van der Waals surface area contributed by atoms with E-state index in [1.807, 2.05) is 0 Å². The molecule has 1 fully saturated rings. The van der Waals surface area contributed by atoms with Crippen LogP contribution in [0.3, 0.4) is 0 Å². The molecule has 2 heteroatoms. The lowest BCUT2D eigenvalue weighted by Crippen LogP contribution is -2.36. The first-order chi connectivity index (χ1) is 7.49. The lowest BCUT2D eigenvalue weighted by molar-refractivity contribution is -0.114. The van der Waals surface area contributed by atoms with E-state index < -0.39 is 0 Å². The van der Waals surface area contributed by atoms with Crippen LogP contribution in [0.1, 0.15) is 39.5 Å². The van der Waals surface area contributed by atoms with Crippen LogP contribution in [-0.2, 0) is 4.79 Å². The Balaban J connectivity index is 2.26. The first-order valence-corrected chi connectivity index (χ1v) is 6.20. The highest BCUT2D eigenvalue weighted by atomic mass is 16.1. The maximum absolute atomic E-state index is 12.1. The van der Waals surface area contributed by atoms with Crippen molar-refractivity contribution in [2.45, 2.75) is 39.5 Å². The molecule has 0 spiro atoms. The predicted octanol–water partition coefficient (Wildman–Crippen LogP) is 2.91. The van der Waals surface area contributed by atoms with Crippen molar-refractivity contribution in [3.8, 4) is 0 Å². The van der Waals surface area contributed by atoms with Gasteiger partial charge in [0.25, 0.3) is 0 Å². The molecule has 0 bridgehead atoms. The highest BCUT2D eigenvalue weighted by Gasteiger charge is 2.31. The Morgan fingerprint density at radius 1 is 1.25 bits per heavy atom. The van der Waals surface area contributed by atoms with Gasteiger partial charge in [-0.05, 0) is 36.7 Å². The summed E-state index contributed by atoms with van der Waals surface area (Å²) in [5.74, 6) is 0.168. The van der Waals surface area contributed by atoms with Gasteiger partial charge in [0.05, 0.1) is 5.70 Å². The Morgan fingerprint density at radius 3 is 2.50 bits per heavy atom. The Labute approximate surface area is 98.0 Å². The van der Waals surface area contributed by atoms with Crippen LogP contribution in [0.4, 0.5) is 0 Å². The molecule has 0 amide bonds. The van der Waals surface area contributed by atoms with Crippen LogP contribution >= 0.6 is 0 Å². The molecule has 0 N–H and O–H groups in total. The Kier molecular flexibility index (Phi) is 2.92. The van der Waals surface area contributed by atoms with Crippen molar-refractivity contribution >= 4 is 5.78 Å². The molecule has 2 rings (SSSR count). The predicted molar refractivity (Wildman–Crippen MR) is 66.1 cm³/mol. The molecule has 0 aromatic heterocycles. The lowest BCUT2D eigenvalue weighted by Gasteiger charge is -2.36. The number of piperidine rings is 1. The molecule has 0 aromatic carbocycles. The number of likely N-dealkylation sites (tertiary alicyclic amines) is 1. The first-order valence-electron chi connectivity index (χ1n) is 6.20. The van der Waals surface area contributed by atoms with Crippen LogP contribution in [0.2, 0.25) is 0 Å². The monoisotopic (exact) mass is 219 g/mol. The van der Waals surface area contributed by atoms with Gasteiger partial charge in [-0.25, -0.2) is 0 Å². The van der Waals surface area contributed by atoms with Crippen LogP contribution in [0, 0.1) is 5.41 Å². The van der Waals surface area contributed by atoms with E-state index in [1.165, 1.54) is 19.3 Å². The zero-order valence-electron chi connectivity index (χ0n) is 10.4. The van der Waals surface area contributed by atoms with Crippen LogP contribution in [0.25, 0.3) is 0 Å². The summed E-state index contributed by atoms with van der Waals surface area (Å²) in [4.78, 5) is 14.4. The molecule has 2 aliphatic rings. The topological polar surface area (TPSA) is 20.3 Å². The molecular weight excluding hydrogens is 198 g/mol. The third-order valence-corrected chi connectivity index (χ3v) is 3.45. The van der Waals surface area contributed by atoms with Crippen LogP contribution in [0.5, 0.6) is 0 Å². The fourth-order valence-electron chi connectivity index (χ4n) is 2.67. The molecular formula is C14H21NO. The van der Waals surface area contributed by atoms with Gasteiger partial charge in [0.15, 0.2) is 0 Å². The number of nitrogens with zero attached hydrogens (tertiary/aromatic N) is 1. The van der Waals surface area contributed by atoms with Gasteiger partial charge in [-0.1, -0.05) is 26.5 Å². The molecule has 0 saturated carbocycles. The maximum Gasteiger partial charge on any atom is 0.204 e. The SMILES string of the molecule is C=C1CC(C)(C)C=C(N2CCCCC2)C1=O. The molecule has 88 valence electrons. The van der Waals surface area contributed by atoms with Gasteiger partial charge in [-0.2, -0.15) is 0 Å². The summed E-state index contributed by atoms with van der Waals surface area (Å²) in [6.07, 6.45) is 6.65. The fourth-order valence-corrected chi connectivity index (χ4v) is 2.67. The number of Topliss-reactive ketones (excluding diaryl/α,β-unsaturated/α-hetero) is 1. The number of rotatable bonds is 1. The highest BCUT2D eigenvalue weighted by molar-refractivity contribution is 6.08. The lowest BCUT2D eigenvalue weighted by atomic mass is 9.78. The quantitative estimate of drug-likeness (QED) is 0.632. The average molecular weight is 219 g/mol. The average Bonchev–Trinajstić information content (AvgIpc) is 2.24. The van der Waals surface area contributed by atoms with E-state index in [0.29, 0.717) is 0 Å². The smallest absolute Gasteiger partial charge is 0.204 e. The summed E-state index contributed by atoms with van der Waals surface area (Å²) < 4.78 is 0. The zero-order chi connectivity index (χ0) is 11.8. The number of ketones is 1. The van der Waals surface area contributed by atoms with Gasteiger partial charge in [0, 0.05) is 13.1 Å². The third-order valence-electron chi connectivity index (χ3n) is 3.45. The summed E-state index contributed by atoms with van der Waals surface area (Å²) in [6, 6.07) is 0. The summed E-state index contributed by atoms with van der Waals surface area (Å²) in [5.41, 5.74) is 1.76. The summed E-state index contributed by atoms with van der Waals surface area (Å²) >= 11 is 0. The second-order valence-corrected chi connectivity index (χ2v) is 5.68. The van der Waals surface area contributed by atoms with Crippen molar-refractivity contribution in [2.24, 2.45) is 5.41 Å². The second-order valence-electron chi connectivity index (χ2n) is 5.68. The van der Waals surface area contributed by atoms with Crippen molar-refractivity contribution in [1.82, 2.24) is 4.90 Å². The molecule has 1 saturated heterocycles. The van der Waals surface area contributed by atoms with Gasteiger partial charge in [-0.3, -0.25) is 4.79 Å². The number of carbonyl (C=O) groups is 1. The van der Waals surface area contributed by atoms with Gasteiger partial charge in [0.1, 0.15) is 0 Å². The summed E-state index contributed by atoms with van der Waals surface area (Å²) in [5, 5.41) is 0. The number of hydrogen-bond donors (Lipinski definition) is 0. The third kappa shape index (κ3) is 2.21. The number of allylic oxidation sites excluding steroid dienone is 2. The molecule has 16 heavy (non-hydrogen) atoms. The van der Waals surface area contributed by atoms with Gasteiger partial charge in [-0.15, -0.1) is 0 Å². The van der Waals surface area contributed by atoms with Crippen LogP contribution in [0.15, 0.2) is 23.9 Å². The van der Waals surface area contributed by atoms with Crippen LogP contribution in [-0.4, -0.2) is 23.8 Å². The van der Waals surface area contributed by atoms with Crippen molar-refractivity contribution in [1.29, 1.82) is 0 Å². The van der Waals surface area contributed by atoms with Crippen LogP contribution < -0.4 is 0 Å². The van der Waals surface area contributed by atoms with E-state index in [2.05, 4.69) is 31.4 Å². The van der Waals surface area contributed by atoms with E-state index in [0.717, 1.165) is 30.8 Å². The first kappa shape index (κ1) is 11.4. The maximum atomic E-state index is 12.1. The Bertz CT molecular complexity index is 346. The Hall–Kier alpha value is -1.05. The summed E-state index contributed by atoms with van der Waals surface area (Å²) in [6.45, 7) is 10.3. The molecule has 2 nitrogen and oxygen atoms in total. The van der Waals surface area contributed by atoms with Gasteiger partial charge < -0.3 is 4.90 Å². The van der Waals surface area contributed by atoms with E-state index in [4.69, 9.17) is 0 Å². The van der Waals surface area contributed by atoms with Crippen molar-refractivity contribution in [2.75, 3.05) is 13.1 Å².